The first-order valence-electron chi connectivity index (χ1n) is 8.85. The lowest BCUT2D eigenvalue weighted by Crippen LogP contribution is -2.43. The molecule has 0 spiro atoms. The fourth-order valence-electron chi connectivity index (χ4n) is 3.57. The Hall–Kier alpha value is -2.20. The van der Waals surface area contributed by atoms with Gasteiger partial charge in [-0.2, -0.15) is 4.31 Å². The molecule has 0 radical (unpaired) electrons. The fraction of sp³-hybridized carbons (Fsp3) is 0.588. The maximum absolute atomic E-state index is 12.8. The Morgan fingerprint density at radius 1 is 1.37 bits per heavy atom. The molecule has 148 valence electrons. The third kappa shape index (κ3) is 4.06. The molecule has 1 amide bonds. The highest BCUT2D eigenvalue weighted by Crippen LogP contribution is 2.23. The first-order valence-corrected chi connectivity index (χ1v) is 10.7. The van der Waals surface area contributed by atoms with Crippen molar-refractivity contribution in [2.45, 2.75) is 39.8 Å². The van der Waals surface area contributed by atoms with Gasteiger partial charge in [0.05, 0.1) is 11.9 Å². The maximum Gasteiger partial charge on any atom is 0.259 e. The Bertz CT molecular complexity index is 914. The Morgan fingerprint density at radius 2 is 2.11 bits per heavy atom. The number of sulfonamides is 1. The summed E-state index contributed by atoms with van der Waals surface area (Å²) in [6.07, 6.45) is 5.34. The van der Waals surface area contributed by atoms with E-state index in [2.05, 4.69) is 10.1 Å². The number of carbonyl (C=O) groups excluding carboxylic acids is 1. The molecule has 1 saturated heterocycles. The highest BCUT2D eigenvalue weighted by Gasteiger charge is 2.36. The van der Waals surface area contributed by atoms with Crippen molar-refractivity contribution >= 4 is 15.9 Å². The number of aryl methyl sites for hydroxylation is 3. The van der Waals surface area contributed by atoms with Gasteiger partial charge in [0.2, 0.25) is 10.0 Å². The number of hydrogen-bond acceptors (Lipinski definition) is 6. The van der Waals surface area contributed by atoms with E-state index in [0.29, 0.717) is 49.6 Å². The molecular weight excluding hydrogens is 370 g/mol. The molecule has 1 atom stereocenters. The summed E-state index contributed by atoms with van der Waals surface area (Å²) in [7, 11) is -3.40. The molecule has 1 unspecified atom stereocenters. The Kier molecular flexibility index (Phi) is 5.38. The van der Waals surface area contributed by atoms with Gasteiger partial charge in [0.25, 0.3) is 5.91 Å². The number of likely N-dealkylation sites (tertiary alicyclic amines) is 1. The zero-order chi connectivity index (χ0) is 19.8. The molecule has 0 saturated carbocycles. The summed E-state index contributed by atoms with van der Waals surface area (Å²) in [5.41, 5.74) is 1.02. The molecule has 0 aliphatic carbocycles. The summed E-state index contributed by atoms with van der Waals surface area (Å²) < 4.78 is 33.2. The summed E-state index contributed by atoms with van der Waals surface area (Å²) in [5.74, 6) is 1.16. The highest BCUT2D eigenvalue weighted by molar-refractivity contribution is 7.88. The van der Waals surface area contributed by atoms with Crippen molar-refractivity contribution in [1.29, 1.82) is 0 Å². The van der Waals surface area contributed by atoms with Crippen LogP contribution in [-0.2, 0) is 16.6 Å². The largest absolute Gasteiger partial charge is 0.361 e. The summed E-state index contributed by atoms with van der Waals surface area (Å²) in [5, 5.41) is 3.83. The first-order chi connectivity index (χ1) is 12.7. The van der Waals surface area contributed by atoms with Gasteiger partial charge >= 0.3 is 0 Å². The predicted octanol–water partition coefficient (Wildman–Crippen LogP) is 0.973. The van der Waals surface area contributed by atoms with Gasteiger partial charge in [0.1, 0.15) is 17.1 Å². The Labute approximate surface area is 159 Å². The second-order valence-electron chi connectivity index (χ2n) is 6.93. The third-order valence-corrected chi connectivity index (χ3v) is 6.35. The number of aromatic nitrogens is 3. The minimum absolute atomic E-state index is 0.160. The van der Waals surface area contributed by atoms with Crippen LogP contribution in [0.25, 0.3) is 0 Å². The van der Waals surface area contributed by atoms with Crippen LogP contribution in [0.2, 0.25) is 0 Å². The van der Waals surface area contributed by atoms with Crippen LogP contribution in [0.1, 0.15) is 34.1 Å². The van der Waals surface area contributed by atoms with E-state index in [1.807, 2.05) is 17.7 Å². The summed E-state index contributed by atoms with van der Waals surface area (Å²) in [6, 6.07) is -0.242. The topological polar surface area (TPSA) is 102 Å². The van der Waals surface area contributed by atoms with Crippen LogP contribution in [0.3, 0.4) is 0 Å². The Balaban J connectivity index is 1.72. The van der Waals surface area contributed by atoms with Gasteiger partial charge in [-0.15, -0.1) is 0 Å². The molecule has 0 bridgehead atoms. The molecule has 27 heavy (non-hydrogen) atoms. The van der Waals surface area contributed by atoms with Crippen LogP contribution in [0.15, 0.2) is 16.9 Å². The lowest BCUT2D eigenvalue weighted by Gasteiger charge is -2.27. The van der Waals surface area contributed by atoms with Crippen molar-refractivity contribution in [1.82, 2.24) is 23.9 Å². The quantitative estimate of drug-likeness (QED) is 0.722. The van der Waals surface area contributed by atoms with E-state index in [0.717, 1.165) is 5.82 Å². The van der Waals surface area contributed by atoms with Gasteiger partial charge in [-0.05, 0) is 27.2 Å². The van der Waals surface area contributed by atoms with Gasteiger partial charge in [-0.1, -0.05) is 5.16 Å². The summed E-state index contributed by atoms with van der Waals surface area (Å²) >= 11 is 0. The van der Waals surface area contributed by atoms with Crippen LogP contribution in [0, 0.1) is 20.8 Å². The number of hydrogen-bond donors (Lipinski definition) is 0. The average molecular weight is 395 g/mol. The van der Waals surface area contributed by atoms with E-state index in [-0.39, 0.29) is 11.9 Å². The first kappa shape index (κ1) is 19.6. The third-order valence-electron chi connectivity index (χ3n) is 5.02. The van der Waals surface area contributed by atoms with Crippen LogP contribution in [0.4, 0.5) is 0 Å². The van der Waals surface area contributed by atoms with Crippen molar-refractivity contribution in [3.63, 3.8) is 0 Å². The minimum atomic E-state index is -3.40. The average Bonchev–Trinajstić information content (AvgIpc) is 3.28. The molecule has 1 aliphatic rings. The zero-order valence-corrected chi connectivity index (χ0v) is 16.9. The van der Waals surface area contributed by atoms with Crippen molar-refractivity contribution in [2.75, 3.05) is 25.9 Å². The monoisotopic (exact) mass is 395 g/mol. The van der Waals surface area contributed by atoms with E-state index < -0.39 is 10.0 Å². The number of rotatable bonds is 6. The number of nitrogens with zero attached hydrogens (tertiary/aromatic N) is 5. The highest BCUT2D eigenvalue weighted by atomic mass is 32.2. The molecule has 2 aromatic rings. The molecule has 2 aromatic heterocycles. The number of imidazole rings is 1. The second kappa shape index (κ2) is 7.43. The second-order valence-corrected chi connectivity index (χ2v) is 8.87. The van der Waals surface area contributed by atoms with Gasteiger partial charge in [0, 0.05) is 44.6 Å². The zero-order valence-electron chi connectivity index (χ0n) is 16.0. The smallest absolute Gasteiger partial charge is 0.259 e. The van der Waals surface area contributed by atoms with Crippen molar-refractivity contribution in [3.8, 4) is 0 Å². The standard InChI is InChI=1S/C17H25N5O4S/c1-12-16(13(2)26-19-12)17(23)21-7-5-15(11-21)22(27(4,24)25)10-9-20-8-6-18-14(20)3/h6,8,15H,5,7,9-11H2,1-4H3. The minimum Gasteiger partial charge on any atom is -0.361 e. The molecule has 3 rings (SSSR count). The fourth-order valence-corrected chi connectivity index (χ4v) is 4.70. The molecule has 9 nitrogen and oxygen atoms in total. The maximum atomic E-state index is 12.8. The van der Waals surface area contributed by atoms with E-state index >= 15 is 0 Å². The lowest BCUT2D eigenvalue weighted by atomic mass is 10.2. The van der Waals surface area contributed by atoms with Crippen LogP contribution < -0.4 is 0 Å². The van der Waals surface area contributed by atoms with Crippen LogP contribution in [0.5, 0.6) is 0 Å². The van der Waals surface area contributed by atoms with Gasteiger partial charge in [-0.25, -0.2) is 13.4 Å². The predicted molar refractivity (Wildman–Crippen MR) is 98.8 cm³/mol. The van der Waals surface area contributed by atoms with Crippen molar-refractivity contribution in [3.05, 3.63) is 35.2 Å². The summed E-state index contributed by atoms with van der Waals surface area (Å²) in [6.45, 7) is 7.04. The van der Waals surface area contributed by atoms with Crippen LogP contribution in [-0.4, -0.2) is 70.2 Å². The van der Waals surface area contributed by atoms with Crippen molar-refractivity contribution in [2.24, 2.45) is 0 Å². The lowest BCUT2D eigenvalue weighted by molar-refractivity contribution is 0.0782. The SMILES string of the molecule is Cc1noc(C)c1C(=O)N1CCC(N(CCn2ccnc2C)S(C)(=O)=O)C1. The van der Waals surface area contributed by atoms with E-state index in [9.17, 15) is 13.2 Å². The van der Waals surface area contributed by atoms with E-state index in [1.165, 1.54) is 10.6 Å². The molecule has 1 aliphatic heterocycles. The van der Waals surface area contributed by atoms with Gasteiger partial charge < -0.3 is 14.0 Å². The number of carbonyl (C=O) groups is 1. The van der Waals surface area contributed by atoms with Gasteiger partial charge in [-0.3, -0.25) is 4.79 Å². The molecule has 0 N–H and O–H groups in total. The van der Waals surface area contributed by atoms with E-state index in [1.54, 1.807) is 24.9 Å². The molecule has 1 fully saturated rings. The number of amides is 1. The molecule has 0 aromatic carbocycles. The molecule has 3 heterocycles. The van der Waals surface area contributed by atoms with Crippen molar-refractivity contribution < 1.29 is 17.7 Å². The molecular formula is C17H25N5O4S. The van der Waals surface area contributed by atoms with Crippen LogP contribution >= 0.6 is 0 Å². The molecule has 10 heteroatoms. The van der Waals surface area contributed by atoms with E-state index in [4.69, 9.17) is 4.52 Å². The Morgan fingerprint density at radius 3 is 2.67 bits per heavy atom. The summed E-state index contributed by atoms with van der Waals surface area (Å²) in [4.78, 5) is 18.6. The normalized spacial score (nSPS) is 17.8. The van der Waals surface area contributed by atoms with Gasteiger partial charge in [0.15, 0.2) is 0 Å².